The largest absolute Gasteiger partial charge is 0.467 e. The molecule has 0 saturated carbocycles. The van der Waals surface area contributed by atoms with Crippen LogP contribution in [0.4, 0.5) is 13.2 Å². The number of methoxy groups -OCH3 is 1. The minimum absolute atomic E-state index is 0.154. The molecule has 5 nitrogen and oxygen atoms in total. The van der Waals surface area contributed by atoms with E-state index in [0.717, 1.165) is 7.11 Å². The van der Waals surface area contributed by atoms with Crippen LogP contribution in [0.25, 0.3) is 0 Å². The molecule has 25 heavy (non-hydrogen) atoms. The number of hydrogen-bond acceptors (Lipinski definition) is 4. The summed E-state index contributed by atoms with van der Waals surface area (Å²) in [6, 6.07) is 7.02. The first kappa shape index (κ1) is 20.4. The predicted octanol–water partition coefficient (Wildman–Crippen LogP) is 3.18. The van der Waals surface area contributed by atoms with E-state index in [9.17, 15) is 22.8 Å². The molecule has 1 rings (SSSR count). The fourth-order valence-electron chi connectivity index (χ4n) is 1.84. The van der Waals surface area contributed by atoms with Crippen molar-refractivity contribution >= 4 is 11.9 Å². The first-order valence-electron chi connectivity index (χ1n) is 7.17. The zero-order chi connectivity index (χ0) is 19.0. The Morgan fingerprint density at radius 1 is 1.28 bits per heavy atom. The number of benzene rings is 1. The van der Waals surface area contributed by atoms with Gasteiger partial charge in [0, 0.05) is 0 Å². The van der Waals surface area contributed by atoms with Crippen LogP contribution in [0.1, 0.15) is 12.0 Å². The molecule has 0 bridgehead atoms. The highest BCUT2D eigenvalue weighted by Crippen LogP contribution is 2.27. The lowest BCUT2D eigenvalue weighted by molar-refractivity contribution is -0.213. The second-order valence-corrected chi connectivity index (χ2v) is 4.93. The molecule has 0 radical (unpaired) electrons. The Morgan fingerprint density at radius 3 is 2.36 bits per heavy atom. The number of carbonyl (C=O) groups excluding carboxylic acids is 2. The summed E-state index contributed by atoms with van der Waals surface area (Å²) in [5.41, 5.74) is -1.06. The fraction of sp³-hybridized carbons (Fsp3) is 0.294. The molecule has 0 heterocycles. The van der Waals surface area contributed by atoms with Crippen molar-refractivity contribution in [3.8, 4) is 0 Å². The summed E-state index contributed by atoms with van der Waals surface area (Å²) in [7, 11) is 1.05. The molecule has 0 saturated heterocycles. The molecule has 136 valence electrons. The van der Waals surface area contributed by atoms with Gasteiger partial charge in [0.1, 0.15) is 12.2 Å². The number of amides is 1. The van der Waals surface area contributed by atoms with Gasteiger partial charge in [-0.1, -0.05) is 43.0 Å². The third-order valence-corrected chi connectivity index (χ3v) is 3.16. The van der Waals surface area contributed by atoms with Crippen molar-refractivity contribution in [3.05, 3.63) is 60.7 Å². The minimum atomic E-state index is -4.96. The van der Waals surface area contributed by atoms with Gasteiger partial charge in [0.2, 0.25) is 0 Å². The quantitative estimate of drug-likeness (QED) is 0.310. The molecule has 0 aliphatic rings. The van der Waals surface area contributed by atoms with E-state index in [-0.39, 0.29) is 13.0 Å². The maximum absolute atomic E-state index is 12.8. The number of halogens is 3. The van der Waals surface area contributed by atoms with Crippen molar-refractivity contribution in [2.24, 2.45) is 0 Å². The Balaban J connectivity index is 3.10. The van der Waals surface area contributed by atoms with Gasteiger partial charge in [-0.25, -0.2) is 9.86 Å². The zero-order valence-corrected chi connectivity index (χ0v) is 13.6. The van der Waals surface area contributed by atoms with Crippen LogP contribution in [0.5, 0.6) is 0 Å². The molecule has 1 unspecified atom stereocenters. The Hall–Kier alpha value is -2.61. The van der Waals surface area contributed by atoms with E-state index < -0.39 is 29.7 Å². The molecule has 0 fully saturated rings. The maximum atomic E-state index is 12.8. The zero-order valence-electron chi connectivity index (χ0n) is 13.6. The molecule has 1 atom stereocenters. The van der Waals surface area contributed by atoms with Gasteiger partial charge >= 0.3 is 12.1 Å². The van der Waals surface area contributed by atoms with E-state index >= 15 is 0 Å². The molecule has 1 aromatic rings. The molecule has 0 aliphatic heterocycles. The first-order valence-corrected chi connectivity index (χ1v) is 7.17. The van der Waals surface area contributed by atoms with Crippen molar-refractivity contribution < 1.29 is 32.3 Å². The van der Waals surface area contributed by atoms with Crippen LogP contribution in [0.3, 0.4) is 0 Å². The molecule has 1 aromatic carbocycles. The van der Waals surface area contributed by atoms with Gasteiger partial charge in [0.15, 0.2) is 6.04 Å². The highest BCUT2D eigenvalue weighted by atomic mass is 19.4. The van der Waals surface area contributed by atoms with Crippen LogP contribution in [-0.2, 0) is 25.8 Å². The summed E-state index contributed by atoms with van der Waals surface area (Å²) in [6.07, 6.45) is -3.84. The number of ether oxygens (including phenoxy) is 1. The Labute approximate surface area is 143 Å². The molecule has 0 spiro atoms. The highest BCUT2D eigenvalue weighted by molar-refractivity contribution is 5.96. The van der Waals surface area contributed by atoms with Gasteiger partial charge < -0.3 is 4.74 Å². The standard InChI is InChI=1S/C17H18F3NO4/c1-4-8-14(16(23)24-3)21(15(22)12(2)17(18,19)20)25-11-13-9-6-5-7-10-13/h4-7,9-10,14H,1-2,8,11H2,3H3. The number of rotatable bonds is 8. The highest BCUT2D eigenvalue weighted by Gasteiger charge is 2.42. The smallest absolute Gasteiger partial charge is 0.421 e. The SMILES string of the molecule is C=CCC(C(=O)OC)N(OCc1ccccc1)C(=O)C(=C)C(F)(F)F. The van der Waals surface area contributed by atoms with Crippen LogP contribution < -0.4 is 0 Å². The second kappa shape index (κ2) is 9.03. The fourth-order valence-corrected chi connectivity index (χ4v) is 1.84. The summed E-state index contributed by atoms with van der Waals surface area (Å²) in [5.74, 6) is -2.50. The predicted molar refractivity (Wildman–Crippen MR) is 83.9 cm³/mol. The van der Waals surface area contributed by atoms with Crippen molar-refractivity contribution in [1.29, 1.82) is 0 Å². The maximum Gasteiger partial charge on any atom is 0.421 e. The molecular formula is C17H18F3NO4. The number of alkyl halides is 3. The summed E-state index contributed by atoms with van der Waals surface area (Å²) in [6.45, 7) is 5.96. The third-order valence-electron chi connectivity index (χ3n) is 3.16. The van der Waals surface area contributed by atoms with Gasteiger partial charge in [0.25, 0.3) is 5.91 Å². The summed E-state index contributed by atoms with van der Waals surface area (Å²) < 4.78 is 43.0. The van der Waals surface area contributed by atoms with Crippen LogP contribution in [-0.4, -0.2) is 36.3 Å². The van der Waals surface area contributed by atoms with Crippen molar-refractivity contribution in [2.75, 3.05) is 7.11 Å². The Bertz CT molecular complexity index is 629. The molecule has 8 heteroatoms. The van der Waals surface area contributed by atoms with E-state index in [1.54, 1.807) is 30.3 Å². The lowest BCUT2D eigenvalue weighted by atomic mass is 10.1. The van der Waals surface area contributed by atoms with Crippen LogP contribution >= 0.6 is 0 Å². The van der Waals surface area contributed by atoms with Crippen LogP contribution in [0, 0.1) is 0 Å². The summed E-state index contributed by atoms with van der Waals surface area (Å²) in [5, 5.41) is 0.344. The molecule has 0 N–H and O–H groups in total. The summed E-state index contributed by atoms with van der Waals surface area (Å²) in [4.78, 5) is 29.3. The number of esters is 1. The van der Waals surface area contributed by atoms with Crippen LogP contribution in [0.2, 0.25) is 0 Å². The van der Waals surface area contributed by atoms with Gasteiger partial charge in [-0.05, 0) is 12.0 Å². The summed E-state index contributed by atoms with van der Waals surface area (Å²) >= 11 is 0. The first-order chi connectivity index (χ1) is 11.7. The van der Waals surface area contributed by atoms with Crippen molar-refractivity contribution in [1.82, 2.24) is 5.06 Å². The molecule has 0 aliphatic carbocycles. The third kappa shape index (κ3) is 5.75. The number of hydrogen-bond donors (Lipinski definition) is 0. The van der Waals surface area contributed by atoms with Gasteiger partial charge in [-0.3, -0.25) is 9.63 Å². The molecule has 0 aromatic heterocycles. The van der Waals surface area contributed by atoms with Crippen molar-refractivity contribution in [3.63, 3.8) is 0 Å². The average molecular weight is 357 g/mol. The van der Waals surface area contributed by atoms with E-state index in [0.29, 0.717) is 10.6 Å². The van der Waals surface area contributed by atoms with E-state index in [1.807, 2.05) is 0 Å². The van der Waals surface area contributed by atoms with Gasteiger partial charge in [-0.15, -0.1) is 6.58 Å². The van der Waals surface area contributed by atoms with E-state index in [4.69, 9.17) is 4.84 Å². The van der Waals surface area contributed by atoms with Crippen LogP contribution in [0.15, 0.2) is 55.1 Å². The monoisotopic (exact) mass is 357 g/mol. The van der Waals surface area contributed by atoms with Crippen molar-refractivity contribution in [2.45, 2.75) is 25.2 Å². The Kier molecular flexibility index (Phi) is 7.38. The lowest BCUT2D eigenvalue weighted by Gasteiger charge is -2.29. The second-order valence-electron chi connectivity index (χ2n) is 4.93. The average Bonchev–Trinajstić information content (AvgIpc) is 2.59. The topological polar surface area (TPSA) is 55.8 Å². The number of hydroxylamine groups is 2. The number of nitrogens with zero attached hydrogens (tertiary/aromatic N) is 1. The minimum Gasteiger partial charge on any atom is -0.467 e. The molecular weight excluding hydrogens is 339 g/mol. The van der Waals surface area contributed by atoms with E-state index in [1.165, 1.54) is 6.08 Å². The lowest BCUT2D eigenvalue weighted by Crippen LogP contribution is -2.47. The normalized spacial score (nSPS) is 12.2. The van der Waals surface area contributed by atoms with Gasteiger partial charge in [0.05, 0.1) is 7.11 Å². The van der Waals surface area contributed by atoms with Gasteiger partial charge in [-0.2, -0.15) is 13.2 Å². The Morgan fingerprint density at radius 2 is 1.88 bits per heavy atom. The van der Waals surface area contributed by atoms with E-state index in [2.05, 4.69) is 17.9 Å². The number of carbonyl (C=O) groups is 2. The molecule has 1 amide bonds.